The average molecular weight is 476 g/mol. The minimum Gasteiger partial charge on any atom is -0.357 e. The molecule has 1 atom stereocenters. The molecule has 25 heavy (non-hydrogen) atoms. The molecule has 0 bridgehead atoms. The van der Waals surface area contributed by atoms with Crippen molar-refractivity contribution in [2.24, 2.45) is 4.99 Å². The minimum absolute atomic E-state index is 0. The second-order valence-electron chi connectivity index (χ2n) is 5.95. The number of thiazole rings is 1. The lowest BCUT2D eigenvalue weighted by Gasteiger charge is -2.25. The van der Waals surface area contributed by atoms with Crippen molar-refractivity contribution in [3.05, 3.63) is 23.2 Å². The maximum absolute atomic E-state index is 4.67. The Labute approximate surface area is 169 Å². The second kappa shape index (κ2) is 9.32. The number of guanidine groups is 1. The lowest BCUT2D eigenvalue weighted by atomic mass is 10.1. The van der Waals surface area contributed by atoms with E-state index >= 15 is 0 Å². The summed E-state index contributed by atoms with van der Waals surface area (Å²) in [6.45, 7) is 4.29. The van der Waals surface area contributed by atoms with E-state index in [4.69, 9.17) is 0 Å². The topological polar surface area (TPSA) is 83.3 Å². The predicted octanol–water partition coefficient (Wildman–Crippen LogP) is 1.49. The van der Waals surface area contributed by atoms with Gasteiger partial charge in [-0.15, -0.1) is 35.3 Å². The average Bonchev–Trinajstić information content (AvgIpc) is 3.21. The van der Waals surface area contributed by atoms with Crippen LogP contribution in [0, 0.1) is 0 Å². The number of aryl methyl sites for hydroxylation is 1. The smallest absolute Gasteiger partial charge is 0.191 e. The van der Waals surface area contributed by atoms with E-state index in [1.165, 1.54) is 0 Å². The second-order valence-corrected chi connectivity index (χ2v) is 6.79. The number of hydrogen-bond donors (Lipinski definition) is 2. The third-order valence-electron chi connectivity index (χ3n) is 3.81. The zero-order chi connectivity index (χ0) is 16.9. The molecule has 1 aliphatic rings. The highest BCUT2D eigenvalue weighted by atomic mass is 127. The Bertz CT molecular complexity index is 695. The number of aliphatic imine (C=N–C) groups is 1. The van der Waals surface area contributed by atoms with E-state index in [-0.39, 0.29) is 24.0 Å². The molecule has 0 fully saturated rings. The summed E-state index contributed by atoms with van der Waals surface area (Å²) in [6, 6.07) is 0.310. The van der Waals surface area contributed by atoms with Crippen LogP contribution in [0.15, 0.2) is 16.7 Å². The van der Waals surface area contributed by atoms with Crippen molar-refractivity contribution in [1.29, 1.82) is 0 Å². The first-order chi connectivity index (χ1) is 11.7. The molecule has 0 spiro atoms. The highest BCUT2D eigenvalue weighted by Crippen LogP contribution is 2.18. The Kier molecular flexibility index (Phi) is 7.41. The van der Waals surface area contributed by atoms with Crippen molar-refractivity contribution in [1.82, 2.24) is 30.4 Å². The maximum atomic E-state index is 4.67. The summed E-state index contributed by atoms with van der Waals surface area (Å²) in [5.74, 6) is 1.89. The van der Waals surface area contributed by atoms with Crippen LogP contribution in [0.1, 0.15) is 24.9 Å². The quantitative estimate of drug-likeness (QED) is 0.387. The third kappa shape index (κ3) is 5.27. The van der Waals surface area contributed by atoms with Crippen LogP contribution in [0.2, 0.25) is 0 Å². The molecule has 8 nitrogen and oxygen atoms in total. The van der Waals surface area contributed by atoms with E-state index in [1.807, 2.05) is 23.7 Å². The minimum atomic E-state index is 0. The lowest BCUT2D eigenvalue weighted by Crippen LogP contribution is -2.47. The fraction of sp³-hybridized carbons (Fsp3) is 0.600. The van der Waals surface area contributed by atoms with E-state index in [0.29, 0.717) is 12.6 Å². The Balaban J connectivity index is 0.00000225. The molecule has 3 heterocycles. The predicted molar refractivity (Wildman–Crippen MR) is 112 cm³/mol. The Hall–Kier alpha value is -1.43. The zero-order valence-corrected chi connectivity index (χ0v) is 17.9. The van der Waals surface area contributed by atoms with Crippen LogP contribution in [0.5, 0.6) is 0 Å². The number of nitrogens with zero attached hydrogens (tertiary/aromatic N) is 6. The van der Waals surface area contributed by atoms with Gasteiger partial charge < -0.3 is 15.5 Å². The van der Waals surface area contributed by atoms with Crippen molar-refractivity contribution in [2.75, 3.05) is 25.5 Å². The van der Waals surface area contributed by atoms with Crippen LogP contribution < -0.4 is 15.5 Å². The summed E-state index contributed by atoms with van der Waals surface area (Å²) in [5, 5.41) is 14.1. The lowest BCUT2D eigenvalue weighted by molar-refractivity contribution is 0.392. The van der Waals surface area contributed by atoms with Gasteiger partial charge in [0.05, 0.1) is 18.8 Å². The number of halogens is 1. The van der Waals surface area contributed by atoms with Gasteiger partial charge in [-0.25, -0.2) is 19.6 Å². The fourth-order valence-electron chi connectivity index (χ4n) is 2.60. The molecule has 138 valence electrons. The Morgan fingerprint density at radius 2 is 2.32 bits per heavy atom. The van der Waals surface area contributed by atoms with Gasteiger partial charge in [0.15, 0.2) is 11.1 Å². The van der Waals surface area contributed by atoms with Gasteiger partial charge in [0.25, 0.3) is 0 Å². The molecular formula is C15H25IN8S. The van der Waals surface area contributed by atoms with E-state index in [1.54, 1.807) is 17.7 Å². The molecule has 0 saturated carbocycles. The van der Waals surface area contributed by atoms with E-state index in [9.17, 15) is 0 Å². The first kappa shape index (κ1) is 19.9. The first-order valence-corrected chi connectivity index (χ1v) is 9.07. The van der Waals surface area contributed by atoms with E-state index in [0.717, 1.165) is 48.5 Å². The van der Waals surface area contributed by atoms with Crippen LogP contribution >= 0.6 is 35.3 Å². The molecule has 10 heteroatoms. The van der Waals surface area contributed by atoms with Gasteiger partial charge in [-0.3, -0.25) is 0 Å². The number of aromatic nitrogens is 4. The molecule has 3 rings (SSSR count). The molecule has 1 aliphatic heterocycles. The number of hydrogen-bond acceptors (Lipinski definition) is 6. The van der Waals surface area contributed by atoms with Crippen molar-refractivity contribution in [3.63, 3.8) is 0 Å². The molecule has 0 aromatic carbocycles. The maximum Gasteiger partial charge on any atom is 0.191 e. The summed E-state index contributed by atoms with van der Waals surface area (Å²) < 4.78 is 1.97. The standard InChI is InChI=1S/C15H24N8S.HI/c1-4-16-14(17-7-12-9-24-15(21-12)22(2)3)20-11-5-6-13-18-10-19-23(13)8-11;/h9-11H,4-8H2,1-3H3,(H2,16,17,20);1H. The molecule has 0 amide bonds. The number of anilines is 1. The summed E-state index contributed by atoms with van der Waals surface area (Å²) in [7, 11) is 4.00. The van der Waals surface area contributed by atoms with Crippen molar-refractivity contribution in [3.8, 4) is 0 Å². The highest BCUT2D eigenvalue weighted by Gasteiger charge is 2.20. The summed E-state index contributed by atoms with van der Waals surface area (Å²) in [6.07, 6.45) is 3.60. The van der Waals surface area contributed by atoms with Crippen molar-refractivity contribution in [2.45, 2.75) is 38.9 Å². The summed E-state index contributed by atoms with van der Waals surface area (Å²) in [5.41, 5.74) is 0.989. The number of rotatable bonds is 5. The summed E-state index contributed by atoms with van der Waals surface area (Å²) >= 11 is 1.64. The molecule has 2 aromatic rings. The normalized spacial score (nSPS) is 16.8. The number of nitrogens with one attached hydrogen (secondary N) is 2. The third-order valence-corrected chi connectivity index (χ3v) is 4.87. The molecule has 2 aromatic heterocycles. The number of fused-ring (bicyclic) bond motifs is 1. The largest absolute Gasteiger partial charge is 0.357 e. The molecule has 0 aliphatic carbocycles. The van der Waals surface area contributed by atoms with Gasteiger partial charge in [0.2, 0.25) is 0 Å². The van der Waals surface area contributed by atoms with Gasteiger partial charge >= 0.3 is 0 Å². The van der Waals surface area contributed by atoms with Gasteiger partial charge in [0, 0.05) is 38.5 Å². The van der Waals surface area contributed by atoms with Crippen LogP contribution in [-0.4, -0.2) is 52.4 Å². The van der Waals surface area contributed by atoms with Crippen LogP contribution in [-0.2, 0) is 19.5 Å². The zero-order valence-electron chi connectivity index (χ0n) is 14.8. The monoisotopic (exact) mass is 476 g/mol. The Morgan fingerprint density at radius 3 is 3.04 bits per heavy atom. The molecular weight excluding hydrogens is 451 g/mol. The molecule has 0 saturated heterocycles. The van der Waals surface area contributed by atoms with Crippen molar-refractivity contribution >= 4 is 46.4 Å². The van der Waals surface area contributed by atoms with Gasteiger partial charge in [-0.2, -0.15) is 5.10 Å². The van der Waals surface area contributed by atoms with E-state index < -0.39 is 0 Å². The molecule has 2 N–H and O–H groups in total. The summed E-state index contributed by atoms with van der Waals surface area (Å²) in [4.78, 5) is 15.5. The Morgan fingerprint density at radius 1 is 1.48 bits per heavy atom. The van der Waals surface area contributed by atoms with Gasteiger partial charge in [-0.05, 0) is 13.3 Å². The van der Waals surface area contributed by atoms with Crippen LogP contribution in [0.3, 0.4) is 0 Å². The SMILES string of the molecule is CCNC(=NCc1csc(N(C)C)n1)NC1CCc2ncnn2C1.I. The highest BCUT2D eigenvalue weighted by molar-refractivity contribution is 14.0. The molecule has 1 unspecified atom stereocenters. The van der Waals surface area contributed by atoms with Crippen LogP contribution in [0.4, 0.5) is 5.13 Å². The van der Waals surface area contributed by atoms with Gasteiger partial charge in [-0.1, -0.05) is 0 Å². The first-order valence-electron chi connectivity index (χ1n) is 8.19. The van der Waals surface area contributed by atoms with Crippen LogP contribution in [0.25, 0.3) is 0 Å². The van der Waals surface area contributed by atoms with Gasteiger partial charge in [0.1, 0.15) is 12.2 Å². The molecule has 0 radical (unpaired) electrons. The van der Waals surface area contributed by atoms with E-state index in [2.05, 4.69) is 43.0 Å². The van der Waals surface area contributed by atoms with Crippen molar-refractivity contribution < 1.29 is 0 Å². The fourth-order valence-corrected chi connectivity index (χ4v) is 3.35.